The molecule has 2 aromatic rings. The quantitative estimate of drug-likeness (QED) is 0.873. The van der Waals surface area contributed by atoms with Crippen molar-refractivity contribution in [1.82, 2.24) is 15.5 Å². The second kappa shape index (κ2) is 6.18. The van der Waals surface area contributed by atoms with Crippen molar-refractivity contribution in [2.75, 3.05) is 12.4 Å². The van der Waals surface area contributed by atoms with Crippen molar-refractivity contribution in [3.8, 4) is 0 Å². The van der Waals surface area contributed by atoms with Crippen LogP contribution in [-0.4, -0.2) is 23.1 Å². The van der Waals surface area contributed by atoms with Crippen molar-refractivity contribution in [3.05, 3.63) is 41.4 Å². The standard InChI is InChI=1S/C14H18N4O2/c1-9(2)12-6-10(7-13(15-3)18-12)14(19)16-8-11-4-5-17-20-11/h4-7,9H,8H2,1-3H3,(H,15,18)(H,16,19). The average molecular weight is 274 g/mol. The number of hydrogen-bond donors (Lipinski definition) is 2. The largest absolute Gasteiger partial charge is 0.373 e. The number of nitrogens with zero attached hydrogens (tertiary/aromatic N) is 2. The van der Waals surface area contributed by atoms with Crippen molar-refractivity contribution in [3.63, 3.8) is 0 Å². The van der Waals surface area contributed by atoms with Crippen LogP contribution >= 0.6 is 0 Å². The monoisotopic (exact) mass is 274 g/mol. The van der Waals surface area contributed by atoms with Gasteiger partial charge in [-0.1, -0.05) is 19.0 Å². The lowest BCUT2D eigenvalue weighted by Crippen LogP contribution is -2.23. The van der Waals surface area contributed by atoms with Gasteiger partial charge in [-0.15, -0.1) is 0 Å². The summed E-state index contributed by atoms with van der Waals surface area (Å²) in [4.78, 5) is 16.6. The Morgan fingerprint density at radius 2 is 2.20 bits per heavy atom. The summed E-state index contributed by atoms with van der Waals surface area (Å²) in [5.41, 5.74) is 1.45. The molecule has 0 spiro atoms. The number of aromatic nitrogens is 2. The minimum atomic E-state index is -0.165. The Kier molecular flexibility index (Phi) is 4.34. The molecule has 0 aliphatic rings. The van der Waals surface area contributed by atoms with Gasteiger partial charge < -0.3 is 15.2 Å². The van der Waals surface area contributed by atoms with E-state index in [0.717, 1.165) is 5.69 Å². The van der Waals surface area contributed by atoms with Gasteiger partial charge in [0, 0.05) is 24.4 Å². The van der Waals surface area contributed by atoms with Gasteiger partial charge in [-0.2, -0.15) is 0 Å². The van der Waals surface area contributed by atoms with E-state index in [1.54, 1.807) is 31.4 Å². The molecule has 6 nitrogen and oxygen atoms in total. The highest BCUT2D eigenvalue weighted by Gasteiger charge is 2.12. The zero-order valence-corrected chi connectivity index (χ0v) is 11.8. The Hall–Kier alpha value is -2.37. The van der Waals surface area contributed by atoms with Gasteiger partial charge in [-0.05, 0) is 18.1 Å². The molecule has 0 aromatic carbocycles. The number of rotatable bonds is 5. The third-order valence-corrected chi connectivity index (χ3v) is 2.87. The minimum absolute atomic E-state index is 0.165. The Morgan fingerprint density at radius 1 is 1.40 bits per heavy atom. The molecule has 0 aliphatic carbocycles. The third kappa shape index (κ3) is 3.34. The summed E-state index contributed by atoms with van der Waals surface area (Å²) < 4.78 is 4.94. The van der Waals surface area contributed by atoms with Crippen molar-refractivity contribution in [2.45, 2.75) is 26.3 Å². The fourth-order valence-corrected chi connectivity index (χ4v) is 1.71. The average Bonchev–Trinajstić information content (AvgIpc) is 2.97. The van der Waals surface area contributed by atoms with E-state index in [1.165, 1.54) is 0 Å². The van der Waals surface area contributed by atoms with Gasteiger partial charge in [-0.3, -0.25) is 4.79 Å². The maximum atomic E-state index is 12.2. The van der Waals surface area contributed by atoms with Crippen LogP contribution < -0.4 is 10.6 Å². The lowest BCUT2D eigenvalue weighted by molar-refractivity contribution is 0.0947. The number of hydrogen-bond acceptors (Lipinski definition) is 5. The number of carbonyl (C=O) groups is 1. The number of pyridine rings is 1. The summed E-state index contributed by atoms with van der Waals surface area (Å²) >= 11 is 0. The Balaban J connectivity index is 2.14. The number of anilines is 1. The maximum absolute atomic E-state index is 12.2. The lowest BCUT2D eigenvalue weighted by atomic mass is 10.1. The molecule has 2 heterocycles. The first kappa shape index (κ1) is 14.0. The maximum Gasteiger partial charge on any atom is 0.251 e. The molecule has 2 aromatic heterocycles. The molecule has 1 amide bonds. The van der Waals surface area contributed by atoms with E-state index in [2.05, 4.69) is 20.8 Å². The van der Waals surface area contributed by atoms with Gasteiger partial charge in [0.05, 0.1) is 12.7 Å². The number of carbonyl (C=O) groups excluding carboxylic acids is 1. The highest BCUT2D eigenvalue weighted by Crippen LogP contribution is 2.17. The fraction of sp³-hybridized carbons (Fsp3) is 0.357. The lowest BCUT2D eigenvalue weighted by Gasteiger charge is -2.10. The molecule has 0 bridgehead atoms. The first-order valence-electron chi connectivity index (χ1n) is 6.47. The Bertz CT molecular complexity index is 579. The minimum Gasteiger partial charge on any atom is -0.373 e. The van der Waals surface area contributed by atoms with Crippen molar-refractivity contribution in [1.29, 1.82) is 0 Å². The SMILES string of the molecule is CNc1cc(C(=O)NCc2ccno2)cc(C(C)C)n1. The predicted molar refractivity (Wildman–Crippen MR) is 75.5 cm³/mol. The molecule has 0 aliphatic heterocycles. The molecule has 6 heteroatoms. The van der Waals surface area contributed by atoms with Crippen LogP contribution in [0.4, 0.5) is 5.82 Å². The van der Waals surface area contributed by atoms with Gasteiger partial charge in [0.1, 0.15) is 5.82 Å². The van der Waals surface area contributed by atoms with Gasteiger partial charge in [0.2, 0.25) is 0 Å². The van der Waals surface area contributed by atoms with Crippen LogP contribution in [0.1, 0.15) is 41.6 Å². The van der Waals surface area contributed by atoms with E-state index in [-0.39, 0.29) is 11.8 Å². The van der Waals surface area contributed by atoms with Crippen LogP contribution in [0.3, 0.4) is 0 Å². The van der Waals surface area contributed by atoms with Gasteiger partial charge >= 0.3 is 0 Å². The normalized spacial score (nSPS) is 10.6. The predicted octanol–water partition coefficient (Wildman–Crippen LogP) is 2.16. The zero-order valence-electron chi connectivity index (χ0n) is 11.8. The van der Waals surface area contributed by atoms with Crippen molar-refractivity contribution >= 4 is 11.7 Å². The molecule has 2 rings (SSSR count). The summed E-state index contributed by atoms with van der Waals surface area (Å²) in [6.07, 6.45) is 1.55. The van der Waals surface area contributed by atoms with Gasteiger partial charge in [0.25, 0.3) is 5.91 Å². The molecule has 0 atom stereocenters. The first-order valence-corrected chi connectivity index (χ1v) is 6.47. The van der Waals surface area contributed by atoms with Crippen LogP contribution in [0.2, 0.25) is 0 Å². The molecule has 2 N–H and O–H groups in total. The van der Waals surface area contributed by atoms with Gasteiger partial charge in [0.15, 0.2) is 5.76 Å². The van der Waals surface area contributed by atoms with E-state index in [9.17, 15) is 4.79 Å². The van der Waals surface area contributed by atoms with Crippen molar-refractivity contribution < 1.29 is 9.32 Å². The molecule has 106 valence electrons. The molecule has 0 saturated heterocycles. The molecule has 0 radical (unpaired) electrons. The molecule has 20 heavy (non-hydrogen) atoms. The van der Waals surface area contributed by atoms with E-state index in [4.69, 9.17) is 4.52 Å². The second-order valence-electron chi connectivity index (χ2n) is 4.73. The van der Waals surface area contributed by atoms with Crippen LogP contribution in [0.5, 0.6) is 0 Å². The third-order valence-electron chi connectivity index (χ3n) is 2.87. The summed E-state index contributed by atoms with van der Waals surface area (Å²) in [5, 5.41) is 9.35. The highest BCUT2D eigenvalue weighted by molar-refractivity contribution is 5.94. The number of nitrogens with one attached hydrogen (secondary N) is 2. The highest BCUT2D eigenvalue weighted by atomic mass is 16.5. The molecular weight excluding hydrogens is 256 g/mol. The van der Waals surface area contributed by atoms with E-state index < -0.39 is 0 Å². The van der Waals surface area contributed by atoms with Crippen LogP contribution in [0.25, 0.3) is 0 Å². The Morgan fingerprint density at radius 3 is 2.80 bits per heavy atom. The topological polar surface area (TPSA) is 80.0 Å². The summed E-state index contributed by atoms with van der Waals surface area (Å²) in [6, 6.07) is 5.24. The second-order valence-corrected chi connectivity index (χ2v) is 4.73. The summed E-state index contributed by atoms with van der Waals surface area (Å²) in [5.74, 6) is 1.39. The van der Waals surface area contributed by atoms with E-state index >= 15 is 0 Å². The summed E-state index contributed by atoms with van der Waals surface area (Å²) in [7, 11) is 1.78. The van der Waals surface area contributed by atoms with E-state index in [1.807, 2.05) is 13.8 Å². The molecule has 0 saturated carbocycles. The molecular formula is C14H18N4O2. The fourth-order valence-electron chi connectivity index (χ4n) is 1.71. The molecule has 0 fully saturated rings. The van der Waals surface area contributed by atoms with Crippen LogP contribution in [-0.2, 0) is 6.54 Å². The van der Waals surface area contributed by atoms with Crippen molar-refractivity contribution in [2.24, 2.45) is 0 Å². The zero-order chi connectivity index (χ0) is 14.5. The molecule has 0 unspecified atom stereocenters. The summed E-state index contributed by atoms with van der Waals surface area (Å²) in [6.45, 7) is 4.39. The van der Waals surface area contributed by atoms with Crippen LogP contribution in [0, 0.1) is 0 Å². The van der Waals surface area contributed by atoms with E-state index in [0.29, 0.717) is 23.7 Å². The first-order chi connectivity index (χ1) is 9.60. The number of amides is 1. The van der Waals surface area contributed by atoms with Crippen LogP contribution in [0.15, 0.2) is 28.9 Å². The van der Waals surface area contributed by atoms with Gasteiger partial charge in [-0.25, -0.2) is 4.98 Å². The smallest absolute Gasteiger partial charge is 0.251 e. The Labute approximate surface area is 117 Å².